The Labute approximate surface area is 143 Å². The number of carbonyl (C=O) groups excluding carboxylic acids is 1. The first kappa shape index (κ1) is 15.1. The van der Waals surface area contributed by atoms with E-state index >= 15 is 0 Å². The Hall–Kier alpha value is -2.42. The lowest BCUT2D eigenvalue weighted by molar-refractivity contribution is -0.119. The van der Waals surface area contributed by atoms with Gasteiger partial charge in [0.15, 0.2) is 0 Å². The molecular weight excluding hydrogens is 296 g/mol. The van der Waals surface area contributed by atoms with Crippen molar-refractivity contribution in [3.63, 3.8) is 0 Å². The highest BCUT2D eigenvalue weighted by molar-refractivity contribution is 6.20. The van der Waals surface area contributed by atoms with Crippen LogP contribution in [0.15, 0.2) is 47.5 Å². The Bertz CT molecular complexity index is 849. The van der Waals surface area contributed by atoms with Crippen LogP contribution in [0.1, 0.15) is 47.9 Å². The molecule has 2 aliphatic rings. The maximum absolute atomic E-state index is 12.6. The van der Waals surface area contributed by atoms with Gasteiger partial charge in [0.2, 0.25) is 0 Å². The van der Waals surface area contributed by atoms with E-state index in [0.29, 0.717) is 5.92 Å². The van der Waals surface area contributed by atoms with Crippen molar-refractivity contribution in [2.75, 3.05) is 11.9 Å². The van der Waals surface area contributed by atoms with E-state index in [4.69, 9.17) is 4.99 Å². The molecule has 1 aliphatic carbocycles. The quantitative estimate of drug-likeness (QED) is 0.821. The molecule has 0 N–H and O–H groups in total. The second-order valence-electron chi connectivity index (χ2n) is 6.92. The van der Waals surface area contributed by atoms with Gasteiger partial charge in [-0.2, -0.15) is 0 Å². The Morgan fingerprint density at radius 1 is 1.08 bits per heavy atom. The van der Waals surface area contributed by atoms with Crippen molar-refractivity contribution in [2.45, 2.75) is 38.6 Å². The first-order valence-electron chi connectivity index (χ1n) is 8.62. The molecular formula is C21H22N2O. The molecule has 1 heterocycles. The summed E-state index contributed by atoms with van der Waals surface area (Å²) >= 11 is 0. The van der Waals surface area contributed by atoms with Crippen LogP contribution in [0.4, 0.5) is 5.69 Å². The van der Waals surface area contributed by atoms with Crippen LogP contribution in [0.25, 0.3) is 0 Å². The molecule has 1 unspecified atom stereocenters. The number of nitrogens with zero attached hydrogens (tertiary/aromatic N) is 2. The highest BCUT2D eigenvalue weighted by Crippen LogP contribution is 2.42. The second-order valence-corrected chi connectivity index (χ2v) is 6.92. The molecule has 1 saturated carbocycles. The number of hydrogen-bond acceptors (Lipinski definition) is 2. The van der Waals surface area contributed by atoms with Crippen molar-refractivity contribution in [3.05, 3.63) is 64.7 Å². The number of benzene rings is 2. The molecule has 1 amide bonds. The van der Waals surface area contributed by atoms with E-state index in [2.05, 4.69) is 37.3 Å². The Kier molecular flexibility index (Phi) is 3.52. The molecule has 0 bridgehead atoms. The summed E-state index contributed by atoms with van der Waals surface area (Å²) in [5.74, 6) is 0.717. The summed E-state index contributed by atoms with van der Waals surface area (Å²) in [4.78, 5) is 19.2. The second kappa shape index (κ2) is 5.59. The van der Waals surface area contributed by atoms with E-state index in [1.165, 1.54) is 24.0 Å². The van der Waals surface area contributed by atoms with Crippen LogP contribution in [0.2, 0.25) is 0 Å². The lowest BCUT2D eigenvalue weighted by Crippen LogP contribution is -2.32. The largest absolute Gasteiger partial charge is 0.313 e. The average molecular weight is 318 g/mol. The van der Waals surface area contributed by atoms with Crippen molar-refractivity contribution in [3.8, 4) is 0 Å². The monoisotopic (exact) mass is 318 g/mol. The lowest BCUT2D eigenvalue weighted by Gasteiger charge is -2.20. The van der Waals surface area contributed by atoms with Gasteiger partial charge in [0.25, 0.3) is 5.91 Å². The van der Waals surface area contributed by atoms with Crippen molar-refractivity contribution >= 4 is 17.3 Å². The fraction of sp³-hybridized carbons (Fsp3) is 0.333. The van der Waals surface area contributed by atoms with E-state index in [-0.39, 0.29) is 11.9 Å². The minimum atomic E-state index is -0.374. The number of anilines is 1. The number of aryl methyl sites for hydroxylation is 1. The standard InChI is InChI=1S/C21H22N2O/c1-13-6-4-5-7-17(13)20-18-12-16(15-8-9-15)10-11-19(18)23(3)21(24)14(2)22-20/h4-7,10-12,14-15H,8-9H2,1-3H3. The maximum atomic E-state index is 12.6. The van der Waals surface area contributed by atoms with E-state index < -0.39 is 0 Å². The number of amides is 1. The minimum Gasteiger partial charge on any atom is -0.313 e. The number of carbonyl (C=O) groups is 1. The highest BCUT2D eigenvalue weighted by Gasteiger charge is 2.30. The number of benzodiazepines with no additional fused rings is 1. The molecule has 24 heavy (non-hydrogen) atoms. The topological polar surface area (TPSA) is 32.7 Å². The molecule has 1 fully saturated rings. The summed E-state index contributed by atoms with van der Waals surface area (Å²) in [7, 11) is 1.85. The fourth-order valence-corrected chi connectivity index (χ4v) is 3.48. The molecule has 0 saturated heterocycles. The lowest BCUT2D eigenvalue weighted by atomic mass is 9.94. The number of aliphatic imine (C=N–C) groups is 1. The van der Waals surface area contributed by atoms with Crippen molar-refractivity contribution in [1.82, 2.24) is 0 Å². The fourth-order valence-electron chi connectivity index (χ4n) is 3.48. The molecule has 0 radical (unpaired) electrons. The SMILES string of the molecule is Cc1ccccc1C1=NC(C)C(=O)N(C)c2ccc(C3CC3)cc21. The Morgan fingerprint density at radius 3 is 2.54 bits per heavy atom. The van der Waals surface area contributed by atoms with Crippen LogP contribution in [0.5, 0.6) is 0 Å². The molecule has 2 aromatic rings. The Morgan fingerprint density at radius 2 is 1.83 bits per heavy atom. The molecule has 0 spiro atoms. The van der Waals surface area contributed by atoms with Crippen LogP contribution in [0, 0.1) is 6.92 Å². The van der Waals surface area contributed by atoms with Crippen LogP contribution >= 0.6 is 0 Å². The van der Waals surface area contributed by atoms with Crippen molar-refractivity contribution < 1.29 is 4.79 Å². The number of hydrogen-bond donors (Lipinski definition) is 0. The van der Waals surface area contributed by atoms with Gasteiger partial charge in [0, 0.05) is 18.2 Å². The summed E-state index contributed by atoms with van der Waals surface area (Å²) in [6, 6.07) is 14.4. The van der Waals surface area contributed by atoms with Gasteiger partial charge in [-0.3, -0.25) is 9.79 Å². The predicted octanol–water partition coefficient (Wildman–Crippen LogP) is 4.07. The third kappa shape index (κ3) is 2.44. The van der Waals surface area contributed by atoms with Gasteiger partial charge in [-0.25, -0.2) is 0 Å². The first-order chi connectivity index (χ1) is 11.6. The summed E-state index contributed by atoms with van der Waals surface area (Å²) in [5, 5.41) is 0. The first-order valence-corrected chi connectivity index (χ1v) is 8.62. The van der Waals surface area contributed by atoms with Gasteiger partial charge < -0.3 is 4.90 Å². The molecule has 0 aromatic heterocycles. The van der Waals surface area contributed by atoms with Gasteiger partial charge >= 0.3 is 0 Å². The smallest absolute Gasteiger partial charge is 0.251 e. The van der Waals surface area contributed by atoms with E-state index in [1.807, 2.05) is 26.1 Å². The third-order valence-corrected chi connectivity index (χ3v) is 5.10. The van der Waals surface area contributed by atoms with Crippen molar-refractivity contribution in [2.24, 2.45) is 4.99 Å². The van der Waals surface area contributed by atoms with Gasteiger partial charge in [-0.15, -0.1) is 0 Å². The third-order valence-electron chi connectivity index (χ3n) is 5.10. The molecule has 1 atom stereocenters. The minimum absolute atomic E-state index is 0.0407. The molecule has 122 valence electrons. The molecule has 1 aliphatic heterocycles. The molecule has 2 aromatic carbocycles. The van der Waals surface area contributed by atoms with E-state index in [0.717, 1.165) is 22.5 Å². The summed E-state index contributed by atoms with van der Waals surface area (Å²) in [5.41, 5.74) is 6.63. The van der Waals surface area contributed by atoms with Gasteiger partial charge in [-0.05, 0) is 55.9 Å². The normalized spacial score (nSPS) is 20.5. The molecule has 4 rings (SSSR count). The zero-order valence-electron chi connectivity index (χ0n) is 14.4. The van der Waals surface area contributed by atoms with E-state index in [1.54, 1.807) is 4.90 Å². The van der Waals surface area contributed by atoms with Gasteiger partial charge in [0.1, 0.15) is 6.04 Å². The maximum Gasteiger partial charge on any atom is 0.251 e. The molecule has 3 heteroatoms. The van der Waals surface area contributed by atoms with Crippen LogP contribution < -0.4 is 4.90 Å². The predicted molar refractivity (Wildman–Crippen MR) is 98.1 cm³/mol. The van der Waals surface area contributed by atoms with Crippen LogP contribution in [0.3, 0.4) is 0 Å². The van der Waals surface area contributed by atoms with Crippen LogP contribution in [-0.4, -0.2) is 24.7 Å². The zero-order valence-corrected chi connectivity index (χ0v) is 14.4. The Balaban J connectivity index is 1.96. The molecule has 3 nitrogen and oxygen atoms in total. The average Bonchev–Trinajstić information content (AvgIpc) is 3.43. The number of likely N-dealkylation sites (N-methyl/N-ethyl adjacent to an activating group) is 1. The number of fused-ring (bicyclic) bond motifs is 1. The van der Waals surface area contributed by atoms with Crippen LogP contribution in [-0.2, 0) is 4.79 Å². The summed E-state index contributed by atoms with van der Waals surface area (Å²) in [6.07, 6.45) is 2.53. The zero-order chi connectivity index (χ0) is 16.8. The van der Waals surface area contributed by atoms with E-state index in [9.17, 15) is 4.79 Å². The highest BCUT2D eigenvalue weighted by atomic mass is 16.2. The summed E-state index contributed by atoms with van der Waals surface area (Å²) < 4.78 is 0. The summed E-state index contributed by atoms with van der Waals surface area (Å²) in [6.45, 7) is 3.98. The number of rotatable bonds is 2. The van der Waals surface area contributed by atoms with Gasteiger partial charge in [0.05, 0.1) is 11.4 Å². The van der Waals surface area contributed by atoms with Crippen molar-refractivity contribution in [1.29, 1.82) is 0 Å². The van der Waals surface area contributed by atoms with Gasteiger partial charge in [-0.1, -0.05) is 30.3 Å².